The van der Waals surface area contributed by atoms with Gasteiger partial charge in [0.15, 0.2) is 0 Å². The number of hydrogen-bond acceptors (Lipinski definition) is 7. The monoisotopic (exact) mass is 563 g/mol. The van der Waals surface area contributed by atoms with Crippen molar-refractivity contribution in [2.24, 2.45) is 4.99 Å². The Labute approximate surface area is 240 Å². The number of nitro benzene ring substituents is 3. The molecule has 0 heterocycles. The second kappa shape index (κ2) is 12.9. The molecule has 0 fully saturated rings. The maximum absolute atomic E-state index is 11.9. The summed E-state index contributed by atoms with van der Waals surface area (Å²) in [4.78, 5) is 38.5. The van der Waals surface area contributed by atoms with E-state index in [4.69, 9.17) is 4.99 Å². The Morgan fingerprint density at radius 1 is 0.667 bits per heavy atom. The molecule has 0 atom stereocenters. The molecule has 0 amide bonds. The van der Waals surface area contributed by atoms with Crippen molar-refractivity contribution in [3.63, 3.8) is 0 Å². The van der Waals surface area contributed by atoms with Crippen LogP contribution in [0.5, 0.6) is 0 Å². The maximum atomic E-state index is 11.9. The van der Waals surface area contributed by atoms with Gasteiger partial charge >= 0.3 is 11.4 Å². The van der Waals surface area contributed by atoms with Crippen LogP contribution in [-0.2, 0) is 0 Å². The average Bonchev–Trinajstić information content (AvgIpc) is 3.00. The lowest BCUT2D eigenvalue weighted by Crippen LogP contribution is -2.29. The molecule has 11 heteroatoms. The Hall–Kier alpha value is -5.97. The topological polar surface area (TPSA) is 145 Å². The van der Waals surface area contributed by atoms with Crippen molar-refractivity contribution in [2.45, 2.75) is 6.92 Å². The molecule has 210 valence electrons. The number of nitro groups is 3. The van der Waals surface area contributed by atoms with Gasteiger partial charge in [0.05, 0.1) is 32.6 Å². The van der Waals surface area contributed by atoms with Crippen LogP contribution in [0, 0.1) is 37.3 Å². The van der Waals surface area contributed by atoms with Crippen LogP contribution in [0.3, 0.4) is 0 Å². The predicted octanol–water partition coefficient (Wildman–Crippen LogP) is 7.77. The second-order valence-electron chi connectivity index (χ2n) is 9.12. The van der Waals surface area contributed by atoms with Gasteiger partial charge in [0.25, 0.3) is 5.69 Å². The van der Waals surface area contributed by atoms with E-state index in [1.54, 1.807) is 24.3 Å². The number of hydrogen-bond donors (Lipinski definition) is 0. The third kappa shape index (κ3) is 6.59. The highest BCUT2D eigenvalue weighted by Crippen LogP contribution is 2.41. The lowest BCUT2D eigenvalue weighted by molar-refractivity contribution is -0.402. The highest BCUT2D eigenvalue weighted by atomic mass is 16.6. The Bertz CT molecular complexity index is 1720. The largest absolute Gasteiger partial charge is 0.318 e. The normalized spacial score (nSPS) is 10.9. The first-order chi connectivity index (χ1) is 20.2. The average molecular weight is 564 g/mol. The van der Waals surface area contributed by atoms with Crippen LogP contribution in [0.2, 0.25) is 0 Å². The number of aryl methyl sites for hydroxylation is 1. The SMILES string of the molecule is Cc1ccc(N=C(c2cccc3ccccc23)N(C)c2c([N+](=O)[O-])cc([N+](=O)[O-])cc2[N+](=O)[O-])cc1.c1ccccc1. The zero-order valence-electron chi connectivity index (χ0n) is 22.7. The van der Waals surface area contributed by atoms with E-state index in [0.29, 0.717) is 23.4 Å². The molecule has 0 N–H and O–H groups in total. The fourth-order valence-electron chi connectivity index (χ4n) is 4.29. The lowest BCUT2D eigenvalue weighted by Gasteiger charge is -2.22. The molecular formula is C31H25N5O6. The van der Waals surface area contributed by atoms with Crippen LogP contribution in [0.25, 0.3) is 10.8 Å². The summed E-state index contributed by atoms with van der Waals surface area (Å²) >= 11 is 0. The molecule has 0 saturated carbocycles. The van der Waals surface area contributed by atoms with Crippen molar-refractivity contribution in [1.29, 1.82) is 0 Å². The molecule has 0 bridgehead atoms. The number of non-ortho nitro benzene ring substituents is 1. The molecule has 0 spiro atoms. The Morgan fingerprint density at radius 3 is 1.71 bits per heavy atom. The standard InChI is InChI=1S/C25H19N5O6.C6H6/c1-16-10-12-18(13-11-16)26-25(21-9-5-7-17-6-3-4-8-20(17)21)27(2)24-22(29(33)34)14-19(28(31)32)15-23(24)30(35)36;1-2-4-6-5-3-1/h3-15H,1-2H3;1-6H. The fraction of sp³-hybridized carbons (Fsp3) is 0.0645. The zero-order chi connectivity index (χ0) is 30.2. The maximum Gasteiger partial charge on any atom is 0.306 e. The van der Waals surface area contributed by atoms with Crippen LogP contribution in [-0.4, -0.2) is 27.7 Å². The van der Waals surface area contributed by atoms with Crippen molar-refractivity contribution >= 4 is 45.0 Å². The van der Waals surface area contributed by atoms with E-state index in [1.807, 2.05) is 85.8 Å². The number of aliphatic imine (C=N–C) groups is 1. The van der Waals surface area contributed by atoms with Crippen molar-refractivity contribution in [2.75, 3.05) is 11.9 Å². The predicted molar refractivity (Wildman–Crippen MR) is 163 cm³/mol. The van der Waals surface area contributed by atoms with Crippen LogP contribution in [0.1, 0.15) is 11.1 Å². The molecule has 0 aliphatic carbocycles. The highest BCUT2D eigenvalue weighted by Gasteiger charge is 2.35. The van der Waals surface area contributed by atoms with E-state index in [9.17, 15) is 30.3 Å². The first kappa shape index (κ1) is 29.0. The van der Waals surface area contributed by atoms with Crippen molar-refractivity contribution < 1.29 is 14.8 Å². The summed E-state index contributed by atoms with van der Waals surface area (Å²) in [6.07, 6.45) is 0. The van der Waals surface area contributed by atoms with Crippen LogP contribution in [0.4, 0.5) is 28.4 Å². The lowest BCUT2D eigenvalue weighted by atomic mass is 10.0. The first-order valence-electron chi connectivity index (χ1n) is 12.7. The Morgan fingerprint density at radius 2 is 1.19 bits per heavy atom. The summed E-state index contributed by atoms with van der Waals surface area (Å²) in [6, 6.07) is 33.5. The summed E-state index contributed by atoms with van der Waals surface area (Å²) in [6.45, 7) is 1.91. The number of anilines is 1. The van der Waals surface area contributed by atoms with Crippen molar-refractivity contribution in [3.8, 4) is 0 Å². The summed E-state index contributed by atoms with van der Waals surface area (Å²) in [7, 11) is 1.41. The molecule has 0 aliphatic rings. The number of benzene rings is 5. The third-order valence-corrected chi connectivity index (χ3v) is 6.28. The molecule has 5 aromatic rings. The number of nitrogens with zero attached hydrogens (tertiary/aromatic N) is 5. The van der Waals surface area contributed by atoms with Gasteiger partial charge in [-0.1, -0.05) is 96.6 Å². The molecule has 0 aromatic heterocycles. The third-order valence-electron chi connectivity index (χ3n) is 6.28. The molecule has 42 heavy (non-hydrogen) atoms. The number of amidine groups is 1. The first-order valence-corrected chi connectivity index (χ1v) is 12.7. The van der Waals surface area contributed by atoms with E-state index in [2.05, 4.69) is 0 Å². The Kier molecular flexibility index (Phi) is 8.93. The van der Waals surface area contributed by atoms with E-state index in [-0.39, 0.29) is 5.84 Å². The minimum Gasteiger partial charge on any atom is -0.318 e. The van der Waals surface area contributed by atoms with Crippen molar-refractivity contribution in [1.82, 2.24) is 0 Å². The minimum atomic E-state index is -0.907. The molecule has 0 aliphatic heterocycles. The van der Waals surface area contributed by atoms with E-state index >= 15 is 0 Å². The highest BCUT2D eigenvalue weighted by molar-refractivity contribution is 6.19. The van der Waals surface area contributed by atoms with Gasteiger partial charge in [0, 0.05) is 12.6 Å². The summed E-state index contributed by atoms with van der Waals surface area (Å²) < 4.78 is 0. The van der Waals surface area contributed by atoms with Crippen LogP contribution >= 0.6 is 0 Å². The minimum absolute atomic E-state index is 0.190. The van der Waals surface area contributed by atoms with Gasteiger partial charge in [0.2, 0.25) is 5.69 Å². The van der Waals surface area contributed by atoms with E-state index in [0.717, 1.165) is 16.3 Å². The van der Waals surface area contributed by atoms with E-state index < -0.39 is 37.5 Å². The van der Waals surface area contributed by atoms with Gasteiger partial charge in [-0.05, 0) is 29.8 Å². The van der Waals surface area contributed by atoms with Crippen LogP contribution < -0.4 is 4.90 Å². The van der Waals surface area contributed by atoms with Crippen LogP contribution in [0.15, 0.2) is 120 Å². The molecule has 0 unspecified atom stereocenters. The zero-order valence-corrected chi connectivity index (χ0v) is 22.7. The molecule has 11 nitrogen and oxygen atoms in total. The summed E-state index contributed by atoms with van der Waals surface area (Å²) in [5, 5.41) is 36.8. The molecular weight excluding hydrogens is 538 g/mol. The number of rotatable bonds is 6. The molecule has 5 rings (SSSR count). The van der Waals surface area contributed by atoms with Gasteiger partial charge in [0.1, 0.15) is 5.84 Å². The Balaban J connectivity index is 0.000000600. The van der Waals surface area contributed by atoms with Gasteiger partial charge in [-0.25, -0.2) is 4.99 Å². The quantitative estimate of drug-likeness (QED) is 0.0887. The molecule has 0 radical (unpaired) electrons. The fourth-order valence-corrected chi connectivity index (χ4v) is 4.29. The van der Waals surface area contributed by atoms with Gasteiger partial charge in [-0.15, -0.1) is 0 Å². The number of fused-ring (bicyclic) bond motifs is 1. The van der Waals surface area contributed by atoms with Gasteiger partial charge < -0.3 is 4.90 Å². The molecule has 5 aromatic carbocycles. The summed E-state index contributed by atoms with van der Waals surface area (Å²) in [5.74, 6) is 0.190. The molecule has 0 saturated heterocycles. The van der Waals surface area contributed by atoms with Gasteiger partial charge in [-0.3, -0.25) is 30.3 Å². The second-order valence-corrected chi connectivity index (χ2v) is 9.12. The summed E-state index contributed by atoms with van der Waals surface area (Å²) in [5.41, 5.74) is -0.663. The van der Waals surface area contributed by atoms with Crippen molar-refractivity contribution in [3.05, 3.63) is 157 Å². The van der Waals surface area contributed by atoms with E-state index in [1.165, 1.54) is 11.9 Å². The van der Waals surface area contributed by atoms with Gasteiger partial charge in [-0.2, -0.15) is 0 Å². The smallest absolute Gasteiger partial charge is 0.306 e.